The molecule has 1 aliphatic carbocycles. The third kappa shape index (κ3) is 6.00. The maximum Gasteiger partial charge on any atom is 0.287 e. The molecule has 2 aliphatic rings. The number of carbonyl (C=O) groups excluding carboxylic acids is 2. The monoisotopic (exact) mass is 417 g/mol. The summed E-state index contributed by atoms with van der Waals surface area (Å²) < 4.78 is 5.20. The van der Waals surface area contributed by atoms with Gasteiger partial charge in [-0.25, -0.2) is 0 Å². The van der Waals surface area contributed by atoms with Crippen LogP contribution in [0.3, 0.4) is 0 Å². The summed E-state index contributed by atoms with van der Waals surface area (Å²) in [6.07, 6.45) is 7.67. The standard InChI is InChI=1S/C22H35N5O3/c1-3-23-22(25-12-6-11-24-20(28)19-16(2)10-14-30-19)26-18-9-13-27(15-18)21(29)17-7-4-5-8-17/h10,14,17-18H,3-9,11-13,15H2,1-2H3,(H,24,28)(H2,23,25,26). The fraction of sp³-hybridized carbons (Fsp3) is 0.682. The number of aliphatic imine (C=N–C) groups is 1. The van der Waals surface area contributed by atoms with Crippen LogP contribution in [0, 0.1) is 12.8 Å². The smallest absolute Gasteiger partial charge is 0.287 e. The Kier molecular flexibility index (Phi) is 8.16. The Balaban J connectivity index is 1.39. The van der Waals surface area contributed by atoms with Crippen LogP contribution in [0.4, 0.5) is 0 Å². The average molecular weight is 418 g/mol. The lowest BCUT2D eigenvalue weighted by molar-refractivity contribution is -0.134. The van der Waals surface area contributed by atoms with E-state index in [-0.39, 0.29) is 17.9 Å². The molecule has 1 aromatic heterocycles. The van der Waals surface area contributed by atoms with Gasteiger partial charge in [0.2, 0.25) is 5.91 Å². The number of amides is 2. The maximum atomic E-state index is 12.6. The number of hydrogen-bond acceptors (Lipinski definition) is 4. The molecule has 2 fully saturated rings. The van der Waals surface area contributed by atoms with Gasteiger partial charge in [0, 0.05) is 50.2 Å². The fourth-order valence-corrected chi connectivity index (χ4v) is 4.18. The summed E-state index contributed by atoms with van der Waals surface area (Å²) >= 11 is 0. The number of rotatable bonds is 8. The number of guanidine groups is 1. The van der Waals surface area contributed by atoms with Crippen LogP contribution in [-0.2, 0) is 4.79 Å². The van der Waals surface area contributed by atoms with Crippen molar-refractivity contribution in [2.24, 2.45) is 10.9 Å². The molecule has 166 valence electrons. The average Bonchev–Trinajstić information content (AvgIpc) is 3.49. The molecule has 30 heavy (non-hydrogen) atoms. The Hall–Kier alpha value is -2.51. The van der Waals surface area contributed by atoms with Crippen molar-refractivity contribution in [1.82, 2.24) is 20.9 Å². The van der Waals surface area contributed by atoms with Crippen LogP contribution in [0.15, 0.2) is 21.7 Å². The molecule has 0 bridgehead atoms. The molecule has 1 atom stereocenters. The van der Waals surface area contributed by atoms with Crippen molar-refractivity contribution in [2.75, 3.05) is 32.7 Å². The molecule has 2 amide bonds. The van der Waals surface area contributed by atoms with E-state index in [2.05, 4.69) is 20.9 Å². The molecule has 3 N–H and O–H groups in total. The first-order valence-electron chi connectivity index (χ1n) is 11.2. The van der Waals surface area contributed by atoms with Crippen LogP contribution in [-0.4, -0.2) is 61.4 Å². The second-order valence-electron chi connectivity index (χ2n) is 8.20. The van der Waals surface area contributed by atoms with E-state index in [1.54, 1.807) is 6.07 Å². The molecule has 0 spiro atoms. The van der Waals surface area contributed by atoms with Crippen molar-refractivity contribution >= 4 is 17.8 Å². The third-order valence-corrected chi connectivity index (χ3v) is 5.85. The van der Waals surface area contributed by atoms with E-state index in [1.165, 1.54) is 19.1 Å². The van der Waals surface area contributed by atoms with Gasteiger partial charge < -0.3 is 25.3 Å². The molecule has 2 heterocycles. The van der Waals surface area contributed by atoms with E-state index in [0.717, 1.165) is 56.8 Å². The molecule has 1 unspecified atom stereocenters. The van der Waals surface area contributed by atoms with Crippen LogP contribution in [0.25, 0.3) is 0 Å². The molecular weight excluding hydrogens is 382 g/mol. The zero-order valence-corrected chi connectivity index (χ0v) is 18.2. The quantitative estimate of drug-likeness (QED) is 0.342. The second kappa shape index (κ2) is 11.0. The SMILES string of the molecule is CCNC(=NCCCNC(=O)c1occc1C)NC1CCN(C(=O)C2CCCC2)C1. The van der Waals surface area contributed by atoms with Crippen molar-refractivity contribution < 1.29 is 14.0 Å². The molecule has 8 nitrogen and oxygen atoms in total. The first-order chi connectivity index (χ1) is 14.6. The Morgan fingerprint density at radius 2 is 2.03 bits per heavy atom. The fourth-order valence-electron chi connectivity index (χ4n) is 4.18. The van der Waals surface area contributed by atoms with Gasteiger partial charge in [-0.3, -0.25) is 14.6 Å². The number of likely N-dealkylation sites (tertiary alicyclic amines) is 1. The number of nitrogens with zero attached hydrogens (tertiary/aromatic N) is 2. The van der Waals surface area contributed by atoms with Crippen molar-refractivity contribution in [2.45, 2.75) is 58.4 Å². The molecule has 1 saturated carbocycles. The Morgan fingerprint density at radius 1 is 1.23 bits per heavy atom. The van der Waals surface area contributed by atoms with Gasteiger partial charge in [-0.1, -0.05) is 12.8 Å². The first-order valence-corrected chi connectivity index (χ1v) is 11.2. The lowest BCUT2D eigenvalue weighted by Crippen LogP contribution is -2.45. The molecule has 0 radical (unpaired) electrons. The maximum absolute atomic E-state index is 12.6. The number of hydrogen-bond donors (Lipinski definition) is 3. The third-order valence-electron chi connectivity index (χ3n) is 5.85. The molecule has 3 rings (SSSR count). The number of furan rings is 1. The van der Waals surface area contributed by atoms with Crippen molar-refractivity contribution in [3.05, 3.63) is 23.7 Å². The Bertz CT molecular complexity index is 739. The van der Waals surface area contributed by atoms with E-state index in [4.69, 9.17) is 4.42 Å². The van der Waals surface area contributed by atoms with Gasteiger partial charge in [-0.15, -0.1) is 0 Å². The van der Waals surface area contributed by atoms with Crippen LogP contribution >= 0.6 is 0 Å². The lowest BCUT2D eigenvalue weighted by Gasteiger charge is -2.21. The summed E-state index contributed by atoms with van der Waals surface area (Å²) in [7, 11) is 0. The van der Waals surface area contributed by atoms with E-state index in [1.807, 2.05) is 18.7 Å². The topological polar surface area (TPSA) is 99.0 Å². The van der Waals surface area contributed by atoms with E-state index in [9.17, 15) is 9.59 Å². The predicted molar refractivity (Wildman–Crippen MR) is 116 cm³/mol. The van der Waals surface area contributed by atoms with Crippen molar-refractivity contribution in [1.29, 1.82) is 0 Å². The molecule has 0 aromatic carbocycles. The van der Waals surface area contributed by atoms with Gasteiger partial charge in [0.1, 0.15) is 0 Å². The summed E-state index contributed by atoms with van der Waals surface area (Å²) in [6, 6.07) is 2.01. The van der Waals surface area contributed by atoms with Gasteiger partial charge in [0.15, 0.2) is 11.7 Å². The van der Waals surface area contributed by atoms with E-state index in [0.29, 0.717) is 24.8 Å². The van der Waals surface area contributed by atoms with Gasteiger partial charge in [-0.2, -0.15) is 0 Å². The van der Waals surface area contributed by atoms with Crippen molar-refractivity contribution in [3.8, 4) is 0 Å². The van der Waals surface area contributed by atoms with Gasteiger partial charge >= 0.3 is 0 Å². The largest absolute Gasteiger partial charge is 0.459 e. The molecule has 8 heteroatoms. The van der Waals surface area contributed by atoms with E-state index >= 15 is 0 Å². The zero-order chi connectivity index (χ0) is 21.3. The first kappa shape index (κ1) is 22.2. The summed E-state index contributed by atoms with van der Waals surface area (Å²) in [6.45, 7) is 7.37. The molecule has 1 aliphatic heterocycles. The summed E-state index contributed by atoms with van der Waals surface area (Å²) in [5.74, 6) is 1.52. The van der Waals surface area contributed by atoms with Gasteiger partial charge in [0.05, 0.1) is 6.26 Å². The highest BCUT2D eigenvalue weighted by atomic mass is 16.3. The second-order valence-corrected chi connectivity index (χ2v) is 8.20. The lowest BCUT2D eigenvalue weighted by atomic mass is 10.1. The van der Waals surface area contributed by atoms with Crippen LogP contribution in [0.1, 0.15) is 61.6 Å². The summed E-state index contributed by atoms with van der Waals surface area (Å²) in [5, 5.41) is 9.60. The van der Waals surface area contributed by atoms with Gasteiger partial charge in [-0.05, 0) is 45.6 Å². The van der Waals surface area contributed by atoms with Crippen LogP contribution < -0.4 is 16.0 Å². The number of aryl methyl sites for hydroxylation is 1. The highest BCUT2D eigenvalue weighted by Gasteiger charge is 2.32. The van der Waals surface area contributed by atoms with Crippen LogP contribution in [0.5, 0.6) is 0 Å². The minimum atomic E-state index is -0.190. The minimum Gasteiger partial charge on any atom is -0.459 e. The van der Waals surface area contributed by atoms with Crippen molar-refractivity contribution in [3.63, 3.8) is 0 Å². The highest BCUT2D eigenvalue weighted by Crippen LogP contribution is 2.27. The highest BCUT2D eigenvalue weighted by molar-refractivity contribution is 5.92. The van der Waals surface area contributed by atoms with Crippen LogP contribution in [0.2, 0.25) is 0 Å². The predicted octanol–water partition coefficient (Wildman–Crippen LogP) is 2.05. The molecule has 1 saturated heterocycles. The number of carbonyl (C=O) groups is 2. The Labute approximate surface area is 178 Å². The summed E-state index contributed by atoms with van der Waals surface area (Å²) in [5.41, 5.74) is 0.834. The zero-order valence-electron chi connectivity index (χ0n) is 18.2. The normalized spacial score (nSPS) is 19.9. The molecule has 1 aromatic rings. The molecular formula is C22H35N5O3. The Morgan fingerprint density at radius 3 is 2.73 bits per heavy atom. The number of nitrogens with one attached hydrogen (secondary N) is 3. The summed E-state index contributed by atoms with van der Waals surface area (Å²) in [4.78, 5) is 31.3. The van der Waals surface area contributed by atoms with E-state index < -0.39 is 0 Å². The van der Waals surface area contributed by atoms with Gasteiger partial charge in [0.25, 0.3) is 5.91 Å². The minimum absolute atomic E-state index is 0.190.